The molecule has 5 nitrogen and oxygen atoms in total. The van der Waals surface area contributed by atoms with Crippen molar-refractivity contribution in [1.82, 2.24) is 0 Å². The minimum Gasteiger partial charge on any atom is -0.456 e. The van der Waals surface area contributed by atoms with Crippen molar-refractivity contribution in [2.75, 3.05) is 0 Å². The molecule has 6 aliphatic rings. The molecule has 3 fully saturated rings. The molecule has 11 aromatic carbocycles. The zero-order valence-corrected chi connectivity index (χ0v) is 59.4. The average Bonchev–Trinajstić information content (AvgIpc) is 0.686. The van der Waals surface area contributed by atoms with Gasteiger partial charge in [-0.1, -0.05) is 166 Å². The van der Waals surface area contributed by atoms with Gasteiger partial charge in [0.05, 0.1) is 5.39 Å². The lowest BCUT2D eigenvalue weighted by molar-refractivity contribution is 0.0403. The molecule has 0 radical (unpaired) electrons. The maximum atomic E-state index is 16.5. The Morgan fingerprint density at radius 2 is 0.684 bits per heavy atom. The van der Waals surface area contributed by atoms with E-state index >= 15 is 9.59 Å². The third-order valence-electron chi connectivity index (χ3n) is 27.4. The fourth-order valence-electron chi connectivity index (χ4n) is 23.6. The van der Waals surface area contributed by atoms with Gasteiger partial charge in [-0.05, 0) is 271 Å². The zero-order chi connectivity index (χ0) is 66.1. The van der Waals surface area contributed by atoms with E-state index in [2.05, 4.69) is 183 Å². The molecule has 0 spiro atoms. The normalized spacial score (nSPS) is 25.2. The van der Waals surface area contributed by atoms with E-state index in [9.17, 15) is 0 Å². The van der Waals surface area contributed by atoms with Crippen molar-refractivity contribution in [1.29, 1.82) is 0 Å². The van der Waals surface area contributed by atoms with Gasteiger partial charge in [0, 0.05) is 54.4 Å². The molecular weight excluding hydrogens is 1160 g/mol. The quantitative estimate of drug-likeness (QED) is 0.106. The first-order chi connectivity index (χ1) is 45.3. The second-order valence-electron chi connectivity index (χ2n) is 35.0. The van der Waals surface area contributed by atoms with Crippen LogP contribution in [0.4, 0.5) is 0 Å². The summed E-state index contributed by atoms with van der Waals surface area (Å²) < 4.78 is 22.5. The Bertz CT molecular complexity index is 5170. The van der Waals surface area contributed by atoms with Crippen LogP contribution in [0.2, 0.25) is 0 Å². The number of hydrogen-bond donors (Lipinski definition) is 0. The van der Waals surface area contributed by atoms with E-state index in [1.807, 2.05) is 24.3 Å². The van der Waals surface area contributed by atoms with Gasteiger partial charge in [-0.2, -0.15) is 0 Å². The maximum absolute atomic E-state index is 16.5. The standard InChI is InChI=1S/C90H98O5/c1-48(2)73-53-26-37-70-85(7,8)40-17-43-88(70,13)61(53)29-32-65(73)93-64-21-16-20-56-78(64)59-46-51-23-25-58-80-60(47-52-22-24-57(83(56)91)79(59)76(52)77(51)80)81-68(94-66-33-30-62-54(74(66)49(3)4)27-38-71-86(9,10)41-18-44-89(62,71)14)35-36-69(82(81)84(58)92)95-67-34-31-63-55(75(67)50(5)6)28-39-72-87(11,12)42-19-45-90(63,72)15/h16,20-25,29-36,46-50,70-72H,17-19,26-28,37-45H2,1-15H3. The van der Waals surface area contributed by atoms with Gasteiger partial charge in [0.1, 0.15) is 34.5 Å². The van der Waals surface area contributed by atoms with Crippen molar-refractivity contribution in [3.8, 4) is 34.5 Å². The Labute approximate surface area is 562 Å². The average molecular weight is 1260 g/mol. The molecule has 0 bridgehead atoms. The lowest BCUT2D eigenvalue weighted by Crippen LogP contribution is -2.48. The highest BCUT2D eigenvalue weighted by Gasteiger charge is 2.53. The Morgan fingerprint density at radius 3 is 1.08 bits per heavy atom. The summed E-state index contributed by atoms with van der Waals surface area (Å²) in [4.78, 5) is 31.9. The van der Waals surface area contributed by atoms with Crippen molar-refractivity contribution in [2.45, 2.75) is 234 Å². The van der Waals surface area contributed by atoms with Crippen LogP contribution < -0.4 is 25.1 Å². The van der Waals surface area contributed by atoms with E-state index < -0.39 is 0 Å². The van der Waals surface area contributed by atoms with Gasteiger partial charge in [-0.15, -0.1) is 0 Å². The first-order valence-corrected chi connectivity index (χ1v) is 37.0. The Hall–Kier alpha value is -7.24. The lowest BCUT2D eigenvalue weighted by atomic mass is 9.50. The second kappa shape index (κ2) is 20.9. The van der Waals surface area contributed by atoms with Crippen LogP contribution in [-0.2, 0) is 35.5 Å². The predicted octanol–water partition coefficient (Wildman–Crippen LogP) is 24.6. The Balaban J connectivity index is 0.878. The maximum Gasteiger partial charge on any atom is 0.198 e. The summed E-state index contributed by atoms with van der Waals surface area (Å²) in [6.07, 6.45) is 17.8. The summed E-state index contributed by atoms with van der Waals surface area (Å²) in [6, 6.07) is 37.1. The van der Waals surface area contributed by atoms with Gasteiger partial charge in [0.25, 0.3) is 0 Å². The first-order valence-electron chi connectivity index (χ1n) is 37.0. The number of rotatable bonds is 9. The molecule has 95 heavy (non-hydrogen) atoms. The highest BCUT2D eigenvalue weighted by molar-refractivity contribution is 6.41. The van der Waals surface area contributed by atoms with Crippen molar-refractivity contribution in [3.05, 3.63) is 174 Å². The fourth-order valence-corrected chi connectivity index (χ4v) is 23.6. The summed E-state index contributed by atoms with van der Waals surface area (Å²) in [6.45, 7) is 36.5. The van der Waals surface area contributed by atoms with E-state index in [-0.39, 0.29) is 55.7 Å². The molecule has 17 rings (SSSR count). The van der Waals surface area contributed by atoms with E-state index in [4.69, 9.17) is 14.2 Å². The molecule has 488 valence electrons. The molecule has 3 saturated carbocycles. The molecule has 0 aromatic heterocycles. The highest BCUT2D eigenvalue weighted by Crippen LogP contribution is 2.63. The molecule has 5 heteroatoms. The van der Waals surface area contributed by atoms with Crippen LogP contribution in [0.15, 0.2) is 113 Å². The monoisotopic (exact) mass is 1260 g/mol. The third kappa shape index (κ3) is 8.57. The van der Waals surface area contributed by atoms with Crippen LogP contribution in [0.5, 0.6) is 34.5 Å². The molecule has 0 N–H and O–H groups in total. The van der Waals surface area contributed by atoms with Crippen molar-refractivity contribution in [3.63, 3.8) is 0 Å². The number of hydrogen-bond acceptors (Lipinski definition) is 5. The highest BCUT2D eigenvalue weighted by atomic mass is 16.5. The second-order valence-corrected chi connectivity index (χ2v) is 35.0. The van der Waals surface area contributed by atoms with Gasteiger partial charge < -0.3 is 14.2 Å². The van der Waals surface area contributed by atoms with Crippen LogP contribution in [-0.4, -0.2) is 0 Å². The zero-order valence-electron chi connectivity index (χ0n) is 59.4. The molecule has 0 aliphatic heterocycles. The number of benzene rings is 11. The van der Waals surface area contributed by atoms with Crippen LogP contribution in [0, 0.1) is 34.0 Å². The van der Waals surface area contributed by atoms with Gasteiger partial charge in [0.2, 0.25) is 0 Å². The molecule has 6 atom stereocenters. The lowest BCUT2D eigenvalue weighted by Gasteiger charge is -2.55. The van der Waals surface area contributed by atoms with Crippen LogP contribution >= 0.6 is 0 Å². The minimum absolute atomic E-state index is 0.0158. The Morgan fingerprint density at radius 1 is 0.337 bits per heavy atom. The van der Waals surface area contributed by atoms with Crippen LogP contribution in [0.1, 0.15) is 249 Å². The molecule has 0 saturated heterocycles. The van der Waals surface area contributed by atoms with Crippen molar-refractivity contribution in [2.24, 2.45) is 34.0 Å². The summed E-state index contributed by atoms with van der Waals surface area (Å²) in [5.41, 5.74) is 13.7. The van der Waals surface area contributed by atoms with Gasteiger partial charge >= 0.3 is 0 Å². The predicted molar refractivity (Wildman–Crippen MR) is 397 cm³/mol. The van der Waals surface area contributed by atoms with Crippen LogP contribution in [0.3, 0.4) is 0 Å². The van der Waals surface area contributed by atoms with E-state index in [1.54, 1.807) is 0 Å². The summed E-state index contributed by atoms with van der Waals surface area (Å²) >= 11 is 0. The molecule has 6 unspecified atom stereocenters. The van der Waals surface area contributed by atoms with Crippen LogP contribution in [0.25, 0.3) is 75.4 Å². The van der Waals surface area contributed by atoms with E-state index in [1.165, 1.54) is 121 Å². The summed E-state index contributed by atoms with van der Waals surface area (Å²) in [5.74, 6) is 6.93. The third-order valence-corrected chi connectivity index (χ3v) is 27.4. The smallest absolute Gasteiger partial charge is 0.198 e. The van der Waals surface area contributed by atoms with Crippen molar-refractivity contribution < 1.29 is 14.2 Å². The molecule has 6 aliphatic carbocycles. The topological polar surface area (TPSA) is 61.8 Å². The van der Waals surface area contributed by atoms with E-state index in [0.29, 0.717) is 62.0 Å². The molecule has 0 heterocycles. The minimum atomic E-state index is -0.0875. The number of ether oxygens (including phenoxy) is 3. The molecule has 11 aromatic rings. The molecular formula is C90H98O5. The first kappa shape index (κ1) is 61.4. The van der Waals surface area contributed by atoms with Crippen molar-refractivity contribution >= 4 is 75.4 Å². The van der Waals surface area contributed by atoms with Gasteiger partial charge in [0.15, 0.2) is 10.9 Å². The molecule has 0 amide bonds. The summed E-state index contributed by atoms with van der Waals surface area (Å²) in [5, 5.41) is 11.7. The SMILES string of the molecule is CC(C)c1c(Oc2ccc(Oc3ccc4c(c3C(C)C)CCC3C(C)(C)CCCC43C)c3c2c(=O)c2ccc4cc5c6c(Oc7ccc8c(c7C(C)C)CCC7C(C)(C)CCCC87C)cccc6c(=O)c6ccc7cc3c2c4c7c65)ccc2c1CCC1C(C)(C)CCCC21C. The summed E-state index contributed by atoms with van der Waals surface area (Å²) in [7, 11) is 0. The Kier molecular flexibility index (Phi) is 13.5. The fraction of sp³-hybridized carbons (Fsp3) is 0.467. The van der Waals surface area contributed by atoms with E-state index in [0.717, 1.165) is 96.8 Å². The number of fused-ring (bicyclic) bond motifs is 13. The van der Waals surface area contributed by atoms with Gasteiger partial charge in [-0.25, -0.2) is 0 Å². The van der Waals surface area contributed by atoms with Gasteiger partial charge in [-0.3, -0.25) is 9.59 Å². The largest absolute Gasteiger partial charge is 0.456 e.